The smallest absolute Gasteiger partial charge is 0.244 e. The molecule has 1 atom stereocenters. The number of carbonyl (C=O) groups is 1. The van der Waals surface area contributed by atoms with Gasteiger partial charge in [0.15, 0.2) is 0 Å². The van der Waals surface area contributed by atoms with Crippen LogP contribution in [0.5, 0.6) is 0 Å². The van der Waals surface area contributed by atoms with Gasteiger partial charge in [0.25, 0.3) is 0 Å². The Balaban J connectivity index is 1.42. The molecule has 142 valence electrons. The lowest BCUT2D eigenvalue weighted by Crippen LogP contribution is -2.50. The molecule has 0 aliphatic carbocycles. The Bertz CT molecular complexity index is 799. The van der Waals surface area contributed by atoms with Crippen molar-refractivity contribution in [3.05, 3.63) is 64.7 Å². The molecule has 4 heteroatoms. The largest absolute Gasteiger partial charge is 0.360 e. The van der Waals surface area contributed by atoms with Crippen molar-refractivity contribution in [2.45, 2.75) is 44.6 Å². The number of benzene rings is 2. The van der Waals surface area contributed by atoms with Gasteiger partial charge in [-0.1, -0.05) is 41.9 Å². The molecule has 0 aromatic heterocycles. The van der Waals surface area contributed by atoms with Crippen LogP contribution in [-0.4, -0.2) is 36.5 Å². The summed E-state index contributed by atoms with van der Waals surface area (Å²) < 4.78 is 0. The first-order valence-electron chi connectivity index (χ1n) is 10.0. The molecule has 0 bridgehead atoms. The molecule has 1 saturated heterocycles. The molecular weight excluding hydrogens is 356 g/mol. The van der Waals surface area contributed by atoms with Crippen LogP contribution in [-0.2, 0) is 11.2 Å². The summed E-state index contributed by atoms with van der Waals surface area (Å²) in [4.78, 5) is 17.5. The highest BCUT2D eigenvalue weighted by molar-refractivity contribution is 6.30. The van der Waals surface area contributed by atoms with Gasteiger partial charge in [-0.3, -0.25) is 4.79 Å². The first kappa shape index (κ1) is 18.4. The number of halogens is 1. The maximum Gasteiger partial charge on any atom is 0.244 e. The number of likely N-dealkylation sites (tertiary alicyclic amines) is 1. The lowest BCUT2D eigenvalue weighted by molar-refractivity contribution is -0.133. The van der Waals surface area contributed by atoms with E-state index in [0.29, 0.717) is 5.92 Å². The molecule has 0 N–H and O–H groups in total. The number of carbonyl (C=O) groups excluding carboxylic acids is 1. The van der Waals surface area contributed by atoms with Crippen LogP contribution in [0.15, 0.2) is 48.5 Å². The van der Waals surface area contributed by atoms with Crippen molar-refractivity contribution in [1.29, 1.82) is 0 Å². The van der Waals surface area contributed by atoms with E-state index in [-0.39, 0.29) is 11.9 Å². The van der Waals surface area contributed by atoms with Gasteiger partial charge in [-0.25, -0.2) is 0 Å². The van der Waals surface area contributed by atoms with E-state index in [2.05, 4.69) is 53.1 Å². The van der Waals surface area contributed by atoms with Gasteiger partial charge in [-0.2, -0.15) is 0 Å². The third-order valence-electron chi connectivity index (χ3n) is 6.10. The minimum atomic E-state index is -0.126. The van der Waals surface area contributed by atoms with Crippen molar-refractivity contribution in [3.63, 3.8) is 0 Å². The molecule has 2 aliphatic heterocycles. The third-order valence-corrected chi connectivity index (χ3v) is 6.33. The third kappa shape index (κ3) is 3.84. The van der Waals surface area contributed by atoms with Crippen molar-refractivity contribution < 1.29 is 4.79 Å². The second-order valence-corrected chi connectivity index (χ2v) is 8.19. The van der Waals surface area contributed by atoms with Gasteiger partial charge in [-0.05, 0) is 67.9 Å². The molecule has 27 heavy (non-hydrogen) atoms. The van der Waals surface area contributed by atoms with Crippen LogP contribution >= 0.6 is 11.6 Å². The van der Waals surface area contributed by atoms with Gasteiger partial charge in [0.2, 0.25) is 5.91 Å². The lowest BCUT2D eigenvalue weighted by atomic mass is 9.89. The number of hydrogen-bond acceptors (Lipinski definition) is 2. The monoisotopic (exact) mass is 382 g/mol. The van der Waals surface area contributed by atoms with E-state index in [1.54, 1.807) is 0 Å². The number of aryl methyl sites for hydroxylation is 1. The molecule has 3 nitrogen and oxygen atoms in total. The fourth-order valence-electron chi connectivity index (χ4n) is 4.55. The summed E-state index contributed by atoms with van der Waals surface area (Å²) in [6.07, 6.45) is 4.21. The minimum absolute atomic E-state index is 0.126. The molecule has 2 aromatic carbocycles. The Morgan fingerprint density at radius 1 is 1.07 bits per heavy atom. The van der Waals surface area contributed by atoms with Gasteiger partial charge in [0, 0.05) is 30.3 Å². The zero-order valence-electron chi connectivity index (χ0n) is 15.9. The standard InChI is InChI=1S/C23H27ClN2O/c1-17(26-13-5-8-20-16-21(24)9-10-22(20)26)23(27)25-14-11-19(12-15-25)18-6-3-2-4-7-18/h2-4,6-7,9-10,16-17,19H,5,8,11-15H2,1H3/t17-/m1/s1. The molecule has 1 fully saturated rings. The van der Waals surface area contributed by atoms with Crippen molar-refractivity contribution in [1.82, 2.24) is 4.90 Å². The lowest BCUT2D eigenvalue weighted by Gasteiger charge is -2.40. The second kappa shape index (κ2) is 7.93. The number of nitrogens with zero attached hydrogens (tertiary/aromatic N) is 2. The molecule has 0 saturated carbocycles. The summed E-state index contributed by atoms with van der Waals surface area (Å²) in [5, 5.41) is 0.776. The van der Waals surface area contributed by atoms with E-state index in [1.165, 1.54) is 16.8 Å². The molecular formula is C23H27ClN2O. The van der Waals surface area contributed by atoms with Crippen molar-refractivity contribution in [3.8, 4) is 0 Å². The van der Waals surface area contributed by atoms with E-state index in [0.717, 1.165) is 50.3 Å². The normalized spacial score (nSPS) is 18.9. The quantitative estimate of drug-likeness (QED) is 0.754. The Morgan fingerprint density at radius 3 is 2.56 bits per heavy atom. The molecule has 2 heterocycles. The Labute approximate surface area is 166 Å². The molecule has 2 aromatic rings. The van der Waals surface area contributed by atoms with Crippen LogP contribution in [0.2, 0.25) is 5.02 Å². The van der Waals surface area contributed by atoms with E-state index >= 15 is 0 Å². The molecule has 2 aliphatic rings. The predicted molar refractivity (Wildman–Crippen MR) is 112 cm³/mol. The average molecular weight is 383 g/mol. The van der Waals surface area contributed by atoms with E-state index in [1.807, 2.05) is 12.1 Å². The molecule has 0 unspecified atom stereocenters. The van der Waals surface area contributed by atoms with E-state index in [4.69, 9.17) is 11.6 Å². The molecule has 4 rings (SSSR count). The topological polar surface area (TPSA) is 23.6 Å². The van der Waals surface area contributed by atoms with Crippen molar-refractivity contribution in [2.24, 2.45) is 0 Å². The van der Waals surface area contributed by atoms with Crippen LogP contribution in [0.4, 0.5) is 5.69 Å². The van der Waals surface area contributed by atoms with E-state index in [9.17, 15) is 4.79 Å². The number of anilines is 1. The van der Waals surface area contributed by atoms with Crippen LogP contribution in [0.1, 0.15) is 43.2 Å². The zero-order chi connectivity index (χ0) is 18.8. The van der Waals surface area contributed by atoms with Gasteiger partial charge >= 0.3 is 0 Å². The summed E-state index contributed by atoms with van der Waals surface area (Å²) in [6, 6.07) is 16.6. The number of amides is 1. The summed E-state index contributed by atoms with van der Waals surface area (Å²) in [5.41, 5.74) is 3.83. The number of rotatable bonds is 3. The first-order valence-corrected chi connectivity index (χ1v) is 10.4. The van der Waals surface area contributed by atoms with Crippen LogP contribution < -0.4 is 4.90 Å². The van der Waals surface area contributed by atoms with Crippen molar-refractivity contribution >= 4 is 23.2 Å². The van der Waals surface area contributed by atoms with E-state index < -0.39 is 0 Å². The zero-order valence-corrected chi connectivity index (χ0v) is 16.7. The Kier molecular flexibility index (Phi) is 5.40. The SMILES string of the molecule is C[C@H](C(=O)N1CCC(c2ccccc2)CC1)N1CCCc2cc(Cl)ccc21. The van der Waals surface area contributed by atoms with Gasteiger partial charge in [0.05, 0.1) is 0 Å². The van der Waals surface area contributed by atoms with Crippen LogP contribution in [0, 0.1) is 0 Å². The molecule has 1 amide bonds. The Hall–Kier alpha value is -2.00. The highest BCUT2D eigenvalue weighted by atomic mass is 35.5. The second-order valence-electron chi connectivity index (χ2n) is 7.76. The first-order chi connectivity index (χ1) is 13.1. The number of fused-ring (bicyclic) bond motifs is 1. The average Bonchev–Trinajstić information content (AvgIpc) is 2.73. The fraction of sp³-hybridized carbons (Fsp3) is 0.435. The maximum absolute atomic E-state index is 13.2. The highest BCUT2D eigenvalue weighted by Gasteiger charge is 2.31. The number of piperidine rings is 1. The highest BCUT2D eigenvalue weighted by Crippen LogP contribution is 2.32. The number of hydrogen-bond donors (Lipinski definition) is 0. The summed E-state index contributed by atoms with van der Waals surface area (Å²) in [7, 11) is 0. The predicted octanol–water partition coefficient (Wildman–Crippen LogP) is 4.89. The van der Waals surface area contributed by atoms with Gasteiger partial charge < -0.3 is 9.80 Å². The Morgan fingerprint density at radius 2 is 1.81 bits per heavy atom. The van der Waals surface area contributed by atoms with Gasteiger partial charge in [-0.15, -0.1) is 0 Å². The van der Waals surface area contributed by atoms with Gasteiger partial charge in [0.1, 0.15) is 6.04 Å². The summed E-state index contributed by atoms with van der Waals surface area (Å²) in [6.45, 7) is 4.69. The summed E-state index contributed by atoms with van der Waals surface area (Å²) in [5.74, 6) is 0.827. The molecule has 0 spiro atoms. The maximum atomic E-state index is 13.2. The van der Waals surface area contributed by atoms with Crippen LogP contribution in [0.25, 0.3) is 0 Å². The fourth-order valence-corrected chi connectivity index (χ4v) is 4.75. The van der Waals surface area contributed by atoms with Crippen LogP contribution in [0.3, 0.4) is 0 Å². The molecule has 0 radical (unpaired) electrons. The summed E-state index contributed by atoms with van der Waals surface area (Å²) >= 11 is 6.16. The minimum Gasteiger partial charge on any atom is -0.360 e. The van der Waals surface area contributed by atoms with Crippen molar-refractivity contribution in [2.75, 3.05) is 24.5 Å².